The van der Waals surface area contributed by atoms with E-state index < -0.39 is 22.7 Å². The minimum atomic E-state index is -4.61. The highest BCUT2D eigenvalue weighted by Gasteiger charge is 2.33. The van der Waals surface area contributed by atoms with E-state index in [4.69, 9.17) is 16.3 Å². The van der Waals surface area contributed by atoms with Crippen LogP contribution in [0.2, 0.25) is 5.02 Å². The van der Waals surface area contributed by atoms with Crippen LogP contribution in [0.3, 0.4) is 0 Å². The number of benzene rings is 3. The zero-order chi connectivity index (χ0) is 22.4. The molecule has 31 heavy (non-hydrogen) atoms. The van der Waals surface area contributed by atoms with Crippen LogP contribution in [0.4, 0.5) is 18.9 Å². The largest absolute Gasteiger partial charge is 0.494 e. The highest BCUT2D eigenvalue weighted by atomic mass is 35.5. The van der Waals surface area contributed by atoms with Crippen LogP contribution >= 0.6 is 23.4 Å². The van der Waals surface area contributed by atoms with E-state index in [0.29, 0.717) is 23.7 Å². The van der Waals surface area contributed by atoms with Gasteiger partial charge in [0.1, 0.15) is 5.75 Å². The van der Waals surface area contributed by atoms with Gasteiger partial charge in [0, 0.05) is 27.5 Å². The van der Waals surface area contributed by atoms with Gasteiger partial charge in [0.2, 0.25) is 0 Å². The Balaban J connectivity index is 1.81. The highest BCUT2D eigenvalue weighted by Crippen LogP contribution is 2.36. The van der Waals surface area contributed by atoms with Crippen molar-refractivity contribution >= 4 is 35.0 Å². The average molecular weight is 466 g/mol. The number of nitrogens with one attached hydrogen (secondary N) is 1. The highest BCUT2D eigenvalue weighted by molar-refractivity contribution is 7.98. The van der Waals surface area contributed by atoms with Crippen molar-refractivity contribution in [1.29, 1.82) is 0 Å². The maximum Gasteiger partial charge on any atom is 0.417 e. The first kappa shape index (κ1) is 23.0. The van der Waals surface area contributed by atoms with Crippen LogP contribution in [-0.2, 0) is 11.9 Å². The van der Waals surface area contributed by atoms with Crippen LogP contribution in [0.5, 0.6) is 5.75 Å². The Morgan fingerprint density at radius 2 is 1.81 bits per heavy atom. The summed E-state index contributed by atoms with van der Waals surface area (Å²) < 4.78 is 44.9. The number of rotatable bonds is 7. The number of thioether (sulfide) groups is 1. The fraction of sp³-hybridized carbons (Fsp3) is 0.174. The van der Waals surface area contributed by atoms with Gasteiger partial charge >= 0.3 is 6.18 Å². The predicted molar refractivity (Wildman–Crippen MR) is 118 cm³/mol. The second-order valence-corrected chi connectivity index (χ2v) is 7.96. The van der Waals surface area contributed by atoms with E-state index in [9.17, 15) is 18.0 Å². The molecule has 3 nitrogen and oxygen atoms in total. The summed E-state index contributed by atoms with van der Waals surface area (Å²) in [5.74, 6) is 0.706. The molecule has 0 fully saturated rings. The van der Waals surface area contributed by atoms with Gasteiger partial charge in [-0.2, -0.15) is 13.2 Å². The molecule has 0 radical (unpaired) electrons. The average Bonchev–Trinajstić information content (AvgIpc) is 2.74. The summed E-state index contributed by atoms with van der Waals surface area (Å²) in [5, 5.41) is 2.08. The minimum absolute atomic E-state index is 0.0100. The quantitative estimate of drug-likeness (QED) is 0.372. The summed E-state index contributed by atoms with van der Waals surface area (Å²) in [6.07, 6.45) is -4.61. The maximum atomic E-state index is 13.1. The number of halogens is 4. The summed E-state index contributed by atoms with van der Waals surface area (Å²) in [4.78, 5) is 13.8. The standard InChI is InChI=1S/C23H19ClF3NO2S/c1-2-30-21-11-8-15(12-16(21)14-31-18-6-4-3-5-7-18)22(29)28-17-9-10-20(24)19(13-17)23(25,26)27/h3-13H,2,14H2,1H3,(H,28,29). The molecule has 0 aliphatic rings. The fourth-order valence-corrected chi connectivity index (χ4v) is 3.95. The monoisotopic (exact) mass is 465 g/mol. The first-order valence-corrected chi connectivity index (χ1v) is 10.8. The Labute approximate surface area is 187 Å². The Morgan fingerprint density at radius 3 is 2.48 bits per heavy atom. The number of ether oxygens (including phenoxy) is 1. The molecule has 3 aromatic rings. The third-order valence-corrected chi connectivity index (χ3v) is 5.68. The van der Waals surface area contributed by atoms with Gasteiger partial charge in [0.05, 0.1) is 17.2 Å². The molecular formula is C23H19ClF3NO2S. The van der Waals surface area contributed by atoms with Crippen molar-refractivity contribution in [2.75, 3.05) is 11.9 Å². The van der Waals surface area contributed by atoms with Crippen LogP contribution in [0.25, 0.3) is 0 Å². The molecule has 0 heterocycles. The van der Waals surface area contributed by atoms with Crippen molar-refractivity contribution in [2.45, 2.75) is 23.7 Å². The number of hydrogen-bond donors (Lipinski definition) is 1. The molecule has 0 aliphatic carbocycles. The van der Waals surface area contributed by atoms with E-state index in [1.165, 1.54) is 6.07 Å². The number of alkyl halides is 3. The van der Waals surface area contributed by atoms with Crippen molar-refractivity contribution < 1.29 is 22.7 Å². The van der Waals surface area contributed by atoms with Gasteiger partial charge in [0.25, 0.3) is 5.91 Å². The molecule has 0 spiro atoms. The van der Waals surface area contributed by atoms with Gasteiger partial charge in [-0.15, -0.1) is 11.8 Å². The van der Waals surface area contributed by atoms with Crippen LogP contribution in [-0.4, -0.2) is 12.5 Å². The summed E-state index contributed by atoms with van der Waals surface area (Å²) in [6.45, 7) is 2.34. The minimum Gasteiger partial charge on any atom is -0.494 e. The third kappa shape index (κ3) is 6.18. The second-order valence-electron chi connectivity index (χ2n) is 6.50. The third-order valence-electron chi connectivity index (χ3n) is 4.29. The SMILES string of the molecule is CCOc1ccc(C(=O)Nc2ccc(Cl)c(C(F)(F)F)c2)cc1CSc1ccccc1. The molecule has 3 aromatic carbocycles. The summed E-state index contributed by atoms with van der Waals surface area (Å²) in [7, 11) is 0. The van der Waals surface area contributed by atoms with Gasteiger partial charge in [-0.05, 0) is 55.5 Å². The van der Waals surface area contributed by atoms with E-state index in [2.05, 4.69) is 5.32 Å². The van der Waals surface area contributed by atoms with Gasteiger partial charge in [0.15, 0.2) is 0 Å². The number of anilines is 1. The Bertz CT molecular complexity index is 1060. The first-order valence-electron chi connectivity index (χ1n) is 9.39. The smallest absolute Gasteiger partial charge is 0.417 e. The molecule has 0 saturated carbocycles. The van der Waals surface area contributed by atoms with Crippen molar-refractivity contribution in [1.82, 2.24) is 0 Å². The molecule has 0 aliphatic heterocycles. The van der Waals surface area contributed by atoms with Crippen LogP contribution < -0.4 is 10.1 Å². The first-order chi connectivity index (χ1) is 14.8. The van der Waals surface area contributed by atoms with E-state index in [-0.39, 0.29) is 5.69 Å². The molecule has 0 unspecified atom stereocenters. The summed E-state index contributed by atoms with van der Waals surface area (Å²) in [5.41, 5.74) is 0.139. The van der Waals surface area contributed by atoms with Gasteiger partial charge < -0.3 is 10.1 Å². The van der Waals surface area contributed by atoms with Gasteiger partial charge in [-0.1, -0.05) is 29.8 Å². The molecule has 162 valence electrons. The topological polar surface area (TPSA) is 38.3 Å². The molecule has 3 rings (SSSR count). The fourth-order valence-electron chi connectivity index (χ4n) is 2.83. The molecule has 1 amide bonds. The summed E-state index contributed by atoms with van der Waals surface area (Å²) in [6, 6.07) is 18.0. The van der Waals surface area contributed by atoms with E-state index >= 15 is 0 Å². The van der Waals surface area contributed by atoms with Crippen LogP contribution in [0.1, 0.15) is 28.4 Å². The summed E-state index contributed by atoms with van der Waals surface area (Å²) >= 11 is 7.23. The van der Waals surface area contributed by atoms with Gasteiger partial charge in [-0.25, -0.2) is 0 Å². The van der Waals surface area contributed by atoms with Crippen molar-refractivity contribution in [3.8, 4) is 5.75 Å². The second kappa shape index (κ2) is 10.1. The van der Waals surface area contributed by atoms with E-state index in [0.717, 1.165) is 22.6 Å². The normalized spacial score (nSPS) is 11.3. The van der Waals surface area contributed by atoms with Crippen molar-refractivity contribution in [2.24, 2.45) is 0 Å². The maximum absolute atomic E-state index is 13.1. The zero-order valence-electron chi connectivity index (χ0n) is 16.5. The van der Waals surface area contributed by atoms with Crippen molar-refractivity contribution in [3.05, 3.63) is 88.4 Å². The Kier molecular flexibility index (Phi) is 7.51. The molecular weight excluding hydrogens is 447 g/mol. The lowest BCUT2D eigenvalue weighted by atomic mass is 10.1. The lowest BCUT2D eigenvalue weighted by Crippen LogP contribution is -2.14. The number of amides is 1. The Hall–Kier alpha value is -2.64. The number of hydrogen-bond acceptors (Lipinski definition) is 3. The molecule has 0 atom stereocenters. The molecule has 1 N–H and O–H groups in total. The predicted octanol–water partition coefficient (Wildman–Crippen LogP) is 7.30. The molecule has 0 aromatic heterocycles. The van der Waals surface area contributed by atoms with Crippen LogP contribution in [0, 0.1) is 0 Å². The van der Waals surface area contributed by atoms with E-state index in [1.54, 1.807) is 30.0 Å². The zero-order valence-corrected chi connectivity index (χ0v) is 18.1. The number of carbonyl (C=O) groups is 1. The lowest BCUT2D eigenvalue weighted by molar-refractivity contribution is -0.137. The van der Waals surface area contributed by atoms with Crippen LogP contribution in [0.15, 0.2) is 71.6 Å². The van der Waals surface area contributed by atoms with Gasteiger partial charge in [-0.3, -0.25) is 4.79 Å². The molecule has 8 heteroatoms. The van der Waals surface area contributed by atoms with E-state index in [1.807, 2.05) is 37.3 Å². The number of carbonyl (C=O) groups excluding carboxylic acids is 1. The molecule has 0 bridgehead atoms. The Morgan fingerprint density at radius 1 is 1.06 bits per heavy atom. The van der Waals surface area contributed by atoms with Crippen molar-refractivity contribution in [3.63, 3.8) is 0 Å². The lowest BCUT2D eigenvalue weighted by Gasteiger charge is -2.14. The molecule has 0 saturated heterocycles.